The van der Waals surface area contributed by atoms with Crippen molar-refractivity contribution in [2.45, 2.75) is 22.1 Å². The monoisotopic (exact) mass is 324 g/mol. The maximum atomic E-state index is 12.6. The summed E-state index contributed by atoms with van der Waals surface area (Å²) in [5.41, 5.74) is 0.763. The molecular weight excluding hydrogens is 312 g/mol. The van der Waals surface area contributed by atoms with Crippen molar-refractivity contribution in [1.82, 2.24) is 9.97 Å². The molecule has 0 saturated heterocycles. The second kappa shape index (κ2) is 4.60. The van der Waals surface area contributed by atoms with E-state index in [1.807, 2.05) is 0 Å². The van der Waals surface area contributed by atoms with Gasteiger partial charge in [0.2, 0.25) is 9.84 Å². The Labute approximate surface area is 122 Å². The van der Waals surface area contributed by atoms with Crippen LogP contribution in [0.2, 0.25) is 0 Å². The van der Waals surface area contributed by atoms with Crippen LogP contribution in [0.4, 0.5) is 0 Å². The molecular formula is C13H12N2O4S2. The average molecular weight is 324 g/mol. The molecule has 1 atom stereocenters. The number of sulfone groups is 2. The van der Waals surface area contributed by atoms with E-state index in [1.54, 1.807) is 19.1 Å². The topological polar surface area (TPSA) is 94.1 Å². The van der Waals surface area contributed by atoms with Crippen molar-refractivity contribution < 1.29 is 16.8 Å². The van der Waals surface area contributed by atoms with E-state index in [4.69, 9.17) is 0 Å². The predicted octanol–water partition coefficient (Wildman–Crippen LogP) is 1.09. The van der Waals surface area contributed by atoms with Gasteiger partial charge >= 0.3 is 0 Å². The van der Waals surface area contributed by atoms with Gasteiger partial charge in [0, 0.05) is 12.4 Å². The van der Waals surface area contributed by atoms with E-state index in [9.17, 15) is 16.8 Å². The van der Waals surface area contributed by atoms with Crippen LogP contribution >= 0.6 is 0 Å². The van der Waals surface area contributed by atoms with Crippen LogP contribution in [0.1, 0.15) is 16.5 Å². The van der Waals surface area contributed by atoms with Crippen LogP contribution in [0.15, 0.2) is 46.6 Å². The molecule has 1 aliphatic rings. The van der Waals surface area contributed by atoms with Gasteiger partial charge in [0.25, 0.3) is 0 Å². The number of aryl methyl sites for hydroxylation is 1. The standard InChI is InChI=1S/C13H12N2O4S2/c1-9-6-10-13(15-7-9)11(8-20(10,16)17)21(18,19)12-4-2-3-5-14-12/h2-7,11H,8H2,1H3. The number of rotatable bonds is 2. The van der Waals surface area contributed by atoms with Gasteiger partial charge in [0.15, 0.2) is 14.9 Å². The smallest absolute Gasteiger partial charge is 0.205 e. The van der Waals surface area contributed by atoms with E-state index in [1.165, 1.54) is 24.5 Å². The molecule has 6 nitrogen and oxygen atoms in total. The maximum Gasteiger partial charge on any atom is 0.205 e. The molecule has 0 spiro atoms. The molecule has 0 saturated carbocycles. The number of fused-ring (bicyclic) bond motifs is 1. The van der Waals surface area contributed by atoms with Crippen molar-refractivity contribution in [3.63, 3.8) is 0 Å². The highest BCUT2D eigenvalue weighted by Gasteiger charge is 2.44. The molecule has 110 valence electrons. The predicted molar refractivity (Wildman–Crippen MR) is 75.2 cm³/mol. The molecule has 3 rings (SSSR count). The third kappa shape index (κ3) is 2.24. The summed E-state index contributed by atoms with van der Waals surface area (Å²) >= 11 is 0. The lowest BCUT2D eigenvalue weighted by atomic mass is 10.2. The zero-order chi connectivity index (χ0) is 15.3. The molecule has 1 unspecified atom stereocenters. The quantitative estimate of drug-likeness (QED) is 0.820. The number of hydrogen-bond donors (Lipinski definition) is 0. The SMILES string of the molecule is Cc1cnc2c(c1)S(=O)(=O)CC2S(=O)(=O)c1ccccn1. The van der Waals surface area contributed by atoms with Crippen LogP contribution in [-0.4, -0.2) is 32.6 Å². The summed E-state index contributed by atoms with van der Waals surface area (Å²) in [5, 5.41) is -1.34. The van der Waals surface area contributed by atoms with Gasteiger partial charge in [-0.1, -0.05) is 6.07 Å². The molecule has 8 heteroatoms. The lowest BCUT2D eigenvalue weighted by Gasteiger charge is -2.10. The Hall–Kier alpha value is -1.80. The van der Waals surface area contributed by atoms with E-state index in [2.05, 4.69) is 9.97 Å². The Morgan fingerprint density at radius 3 is 2.67 bits per heavy atom. The van der Waals surface area contributed by atoms with Gasteiger partial charge in [0.05, 0.1) is 16.3 Å². The molecule has 21 heavy (non-hydrogen) atoms. The minimum absolute atomic E-state index is 0.00649. The lowest BCUT2D eigenvalue weighted by Crippen LogP contribution is -2.17. The lowest BCUT2D eigenvalue weighted by molar-refractivity contribution is 0.578. The number of pyridine rings is 2. The van der Waals surface area contributed by atoms with Crippen molar-refractivity contribution >= 4 is 19.7 Å². The van der Waals surface area contributed by atoms with Crippen molar-refractivity contribution in [2.75, 3.05) is 5.75 Å². The third-order valence-corrected chi connectivity index (χ3v) is 7.28. The van der Waals surface area contributed by atoms with Crippen LogP contribution < -0.4 is 0 Å². The van der Waals surface area contributed by atoms with Crippen LogP contribution in [-0.2, 0) is 19.7 Å². The average Bonchev–Trinajstić information content (AvgIpc) is 2.72. The Bertz CT molecular complexity index is 906. The van der Waals surface area contributed by atoms with Gasteiger partial charge in [-0.05, 0) is 30.7 Å². The molecule has 2 aromatic heterocycles. The Morgan fingerprint density at radius 1 is 1.24 bits per heavy atom. The number of nitrogens with zero attached hydrogens (tertiary/aromatic N) is 2. The summed E-state index contributed by atoms with van der Waals surface area (Å²) in [4.78, 5) is 7.87. The molecule has 0 aliphatic carbocycles. The normalized spacial score (nSPS) is 20.1. The summed E-state index contributed by atoms with van der Waals surface area (Å²) in [6.07, 6.45) is 2.83. The van der Waals surface area contributed by atoms with E-state index < -0.39 is 30.7 Å². The highest BCUT2D eigenvalue weighted by atomic mass is 32.2. The Balaban J connectivity index is 2.20. The first-order valence-electron chi connectivity index (χ1n) is 6.16. The second-order valence-corrected chi connectivity index (χ2v) is 8.96. The number of hydrogen-bond acceptors (Lipinski definition) is 6. The molecule has 0 radical (unpaired) electrons. The fraction of sp³-hybridized carbons (Fsp3) is 0.231. The Morgan fingerprint density at radius 2 is 2.00 bits per heavy atom. The second-order valence-electron chi connectivity index (χ2n) is 4.88. The van der Waals surface area contributed by atoms with E-state index in [0.717, 1.165) is 0 Å². The van der Waals surface area contributed by atoms with Gasteiger partial charge in [-0.25, -0.2) is 21.8 Å². The molecule has 0 aromatic carbocycles. The molecule has 1 aliphatic heterocycles. The van der Waals surface area contributed by atoms with Crippen molar-refractivity contribution in [2.24, 2.45) is 0 Å². The van der Waals surface area contributed by atoms with E-state index in [-0.39, 0.29) is 15.6 Å². The third-order valence-electron chi connectivity index (χ3n) is 3.33. The van der Waals surface area contributed by atoms with Crippen molar-refractivity contribution in [3.05, 3.63) is 47.9 Å². The summed E-state index contributed by atoms with van der Waals surface area (Å²) < 4.78 is 49.5. The van der Waals surface area contributed by atoms with E-state index in [0.29, 0.717) is 5.56 Å². The largest absolute Gasteiger partial charge is 0.258 e. The zero-order valence-electron chi connectivity index (χ0n) is 11.1. The first-order valence-corrected chi connectivity index (χ1v) is 9.36. The summed E-state index contributed by atoms with van der Waals surface area (Å²) in [6, 6.07) is 5.96. The Kier molecular flexibility index (Phi) is 3.10. The molecule has 3 heterocycles. The molecule has 0 fully saturated rings. The first-order chi connectivity index (χ1) is 9.82. The van der Waals surface area contributed by atoms with Crippen LogP contribution in [0.25, 0.3) is 0 Å². The first kappa shape index (κ1) is 14.2. The summed E-state index contributed by atoms with van der Waals surface area (Å²) in [6.45, 7) is 1.71. The molecule has 0 N–H and O–H groups in total. The van der Waals surface area contributed by atoms with E-state index >= 15 is 0 Å². The van der Waals surface area contributed by atoms with Crippen molar-refractivity contribution in [3.8, 4) is 0 Å². The van der Waals surface area contributed by atoms with Crippen LogP contribution in [0.5, 0.6) is 0 Å². The van der Waals surface area contributed by atoms with Gasteiger partial charge in [0.1, 0.15) is 5.25 Å². The minimum Gasteiger partial charge on any atom is -0.258 e. The molecule has 0 bridgehead atoms. The highest BCUT2D eigenvalue weighted by molar-refractivity contribution is 7.96. The van der Waals surface area contributed by atoms with Crippen LogP contribution in [0, 0.1) is 6.92 Å². The highest BCUT2D eigenvalue weighted by Crippen LogP contribution is 2.39. The fourth-order valence-electron chi connectivity index (χ4n) is 2.31. The van der Waals surface area contributed by atoms with Crippen LogP contribution in [0.3, 0.4) is 0 Å². The van der Waals surface area contributed by atoms with Gasteiger partial charge in [-0.2, -0.15) is 0 Å². The van der Waals surface area contributed by atoms with Crippen molar-refractivity contribution in [1.29, 1.82) is 0 Å². The molecule has 2 aromatic rings. The summed E-state index contributed by atoms with van der Waals surface area (Å²) in [7, 11) is -7.53. The maximum absolute atomic E-state index is 12.6. The van der Waals surface area contributed by atoms with Gasteiger partial charge in [-0.15, -0.1) is 0 Å². The zero-order valence-corrected chi connectivity index (χ0v) is 12.7. The number of aromatic nitrogens is 2. The fourth-order valence-corrected chi connectivity index (χ4v) is 6.50. The minimum atomic E-state index is -3.89. The van der Waals surface area contributed by atoms with Gasteiger partial charge < -0.3 is 0 Å². The molecule has 0 amide bonds. The summed E-state index contributed by atoms with van der Waals surface area (Å²) in [5.74, 6) is -0.488. The van der Waals surface area contributed by atoms with Gasteiger partial charge in [-0.3, -0.25) is 4.98 Å².